The topological polar surface area (TPSA) is 78.3 Å². The molecule has 0 aliphatic heterocycles. The van der Waals surface area contributed by atoms with Crippen LogP contribution >= 0.6 is 0 Å². The van der Waals surface area contributed by atoms with Gasteiger partial charge in [0.25, 0.3) is 0 Å². The number of rotatable bonds is 6. The van der Waals surface area contributed by atoms with Crippen LogP contribution in [0.3, 0.4) is 0 Å². The Morgan fingerprint density at radius 1 is 1.25 bits per heavy atom. The molecule has 0 amide bonds. The fourth-order valence-corrected chi connectivity index (χ4v) is 4.38. The number of nitrogens with one attached hydrogen (secondary N) is 1. The highest BCUT2D eigenvalue weighted by molar-refractivity contribution is 5.09. The van der Waals surface area contributed by atoms with Gasteiger partial charge in [-0.1, -0.05) is 26.7 Å². The van der Waals surface area contributed by atoms with E-state index in [1.54, 1.807) is 0 Å². The molecule has 0 bridgehead atoms. The molecule has 0 radical (unpaired) electrons. The third-order valence-electron chi connectivity index (χ3n) is 5.77. The van der Waals surface area contributed by atoms with E-state index in [1.807, 2.05) is 12.3 Å². The molecule has 1 heterocycles. The van der Waals surface area contributed by atoms with Crippen molar-refractivity contribution in [3.63, 3.8) is 0 Å². The van der Waals surface area contributed by atoms with Crippen molar-refractivity contribution in [3.8, 4) is 0 Å². The first-order valence-corrected chi connectivity index (χ1v) is 9.45. The first-order chi connectivity index (χ1) is 11.6. The number of aliphatic hydroxyl groups excluding tert-OH is 2. The summed E-state index contributed by atoms with van der Waals surface area (Å²) >= 11 is 0. The van der Waals surface area contributed by atoms with Crippen molar-refractivity contribution in [1.29, 1.82) is 0 Å². The molecule has 2 aliphatic rings. The molecular formula is C19H31N3O2. The predicted octanol–water partition coefficient (Wildman–Crippen LogP) is 2.03. The Morgan fingerprint density at radius 3 is 2.67 bits per heavy atom. The molecule has 3 rings (SSSR count). The van der Waals surface area contributed by atoms with Crippen LogP contribution < -0.4 is 5.32 Å². The monoisotopic (exact) mass is 333 g/mol. The molecular weight excluding hydrogens is 302 g/mol. The number of nitrogens with zero attached hydrogens (tertiary/aromatic N) is 2. The van der Waals surface area contributed by atoms with Crippen LogP contribution in [0.4, 0.5) is 0 Å². The van der Waals surface area contributed by atoms with Gasteiger partial charge in [-0.05, 0) is 37.7 Å². The fourth-order valence-electron chi connectivity index (χ4n) is 4.38. The van der Waals surface area contributed by atoms with Crippen molar-refractivity contribution in [2.45, 2.75) is 76.5 Å². The van der Waals surface area contributed by atoms with Gasteiger partial charge in [0.05, 0.1) is 6.10 Å². The molecule has 4 atom stereocenters. The lowest BCUT2D eigenvalue weighted by Crippen LogP contribution is -2.41. The summed E-state index contributed by atoms with van der Waals surface area (Å²) in [5, 5.41) is 23.9. The summed E-state index contributed by atoms with van der Waals surface area (Å²) in [7, 11) is 0. The molecule has 0 aromatic carbocycles. The average molecular weight is 333 g/mol. The van der Waals surface area contributed by atoms with Crippen LogP contribution in [-0.2, 0) is 6.42 Å². The smallest absolute Gasteiger partial charge is 0.131 e. The minimum atomic E-state index is -0.426. The molecule has 134 valence electrons. The first kappa shape index (κ1) is 17.8. The van der Waals surface area contributed by atoms with Gasteiger partial charge in [0.2, 0.25) is 0 Å². The van der Waals surface area contributed by atoms with E-state index in [1.165, 1.54) is 25.7 Å². The Morgan fingerprint density at radius 2 is 2.00 bits per heavy atom. The molecule has 0 unspecified atom stereocenters. The van der Waals surface area contributed by atoms with Gasteiger partial charge < -0.3 is 15.5 Å². The second-order valence-electron chi connectivity index (χ2n) is 7.83. The van der Waals surface area contributed by atoms with Crippen molar-refractivity contribution >= 4 is 0 Å². The van der Waals surface area contributed by atoms with Crippen LogP contribution in [0.5, 0.6) is 0 Å². The first-order valence-electron chi connectivity index (χ1n) is 9.45. The Kier molecular flexibility index (Phi) is 5.85. The normalized spacial score (nSPS) is 31.2. The number of hydrogen-bond acceptors (Lipinski definition) is 5. The fraction of sp³-hybridized carbons (Fsp3) is 0.789. The minimum absolute atomic E-state index is 0.0385. The van der Waals surface area contributed by atoms with E-state index < -0.39 is 6.10 Å². The molecule has 5 heteroatoms. The van der Waals surface area contributed by atoms with Crippen molar-refractivity contribution in [2.75, 3.05) is 6.61 Å². The van der Waals surface area contributed by atoms with Gasteiger partial charge in [-0.25, -0.2) is 9.97 Å². The zero-order chi connectivity index (χ0) is 17.1. The van der Waals surface area contributed by atoms with E-state index in [-0.39, 0.29) is 24.5 Å². The third kappa shape index (κ3) is 3.95. The van der Waals surface area contributed by atoms with Crippen molar-refractivity contribution in [3.05, 3.63) is 23.8 Å². The number of hydrogen-bond donors (Lipinski definition) is 3. The molecule has 2 aliphatic carbocycles. The van der Waals surface area contributed by atoms with E-state index in [4.69, 9.17) is 4.98 Å². The molecule has 2 saturated carbocycles. The predicted molar refractivity (Wildman–Crippen MR) is 93.7 cm³/mol. The SMILES string of the molecule is CC(C)c1nccc(C[C@@H]2[C@@H](CO)[C@H](O)C[C@H]2NC2CCCC2)n1. The standard InChI is InChI=1S/C19H31N3O2/c1-12(2)19-20-8-7-14(22-19)9-15-16(11-23)18(24)10-17(15)21-13-5-3-4-6-13/h7-8,12-13,15-18,21,23-24H,3-6,9-11H2,1-2H3/t15-,16-,17-,18-/m1/s1. The maximum Gasteiger partial charge on any atom is 0.131 e. The third-order valence-corrected chi connectivity index (χ3v) is 5.77. The van der Waals surface area contributed by atoms with Crippen molar-refractivity contribution in [1.82, 2.24) is 15.3 Å². The Balaban J connectivity index is 1.74. The molecule has 2 fully saturated rings. The van der Waals surface area contributed by atoms with Crippen LogP contribution in [0.15, 0.2) is 12.3 Å². The zero-order valence-corrected chi connectivity index (χ0v) is 14.9. The summed E-state index contributed by atoms with van der Waals surface area (Å²) in [4.78, 5) is 9.04. The van der Waals surface area contributed by atoms with Crippen molar-refractivity contribution in [2.24, 2.45) is 11.8 Å². The molecule has 3 N–H and O–H groups in total. The quantitative estimate of drug-likeness (QED) is 0.742. The van der Waals surface area contributed by atoms with Crippen LogP contribution in [0.25, 0.3) is 0 Å². The van der Waals surface area contributed by atoms with E-state index >= 15 is 0 Å². The van der Waals surface area contributed by atoms with Gasteiger partial charge in [0.15, 0.2) is 0 Å². The maximum atomic E-state index is 10.4. The summed E-state index contributed by atoms with van der Waals surface area (Å²) in [5.74, 6) is 1.33. The summed E-state index contributed by atoms with van der Waals surface area (Å²) < 4.78 is 0. The Labute approximate surface area is 144 Å². The summed E-state index contributed by atoms with van der Waals surface area (Å²) in [5.41, 5.74) is 1.02. The highest BCUT2D eigenvalue weighted by Crippen LogP contribution is 2.36. The second kappa shape index (κ2) is 7.89. The highest BCUT2D eigenvalue weighted by Gasteiger charge is 2.43. The second-order valence-corrected chi connectivity index (χ2v) is 7.83. The Bertz CT molecular complexity index is 531. The maximum absolute atomic E-state index is 10.4. The molecule has 5 nitrogen and oxygen atoms in total. The van der Waals surface area contributed by atoms with Gasteiger partial charge in [-0.2, -0.15) is 0 Å². The van der Waals surface area contributed by atoms with E-state index in [0.29, 0.717) is 12.0 Å². The lowest BCUT2D eigenvalue weighted by Gasteiger charge is -2.27. The van der Waals surface area contributed by atoms with Gasteiger partial charge >= 0.3 is 0 Å². The largest absolute Gasteiger partial charge is 0.396 e. The number of aromatic nitrogens is 2. The molecule has 0 spiro atoms. The zero-order valence-electron chi connectivity index (χ0n) is 14.9. The minimum Gasteiger partial charge on any atom is -0.396 e. The van der Waals surface area contributed by atoms with E-state index in [2.05, 4.69) is 24.1 Å². The highest BCUT2D eigenvalue weighted by atomic mass is 16.3. The average Bonchev–Trinajstić information content (AvgIpc) is 3.16. The van der Waals surface area contributed by atoms with E-state index in [0.717, 1.165) is 24.4 Å². The van der Waals surface area contributed by atoms with Crippen LogP contribution in [0.2, 0.25) is 0 Å². The molecule has 1 aromatic heterocycles. The van der Waals surface area contributed by atoms with Gasteiger partial charge in [-0.15, -0.1) is 0 Å². The van der Waals surface area contributed by atoms with Crippen molar-refractivity contribution < 1.29 is 10.2 Å². The molecule has 0 saturated heterocycles. The molecule has 24 heavy (non-hydrogen) atoms. The van der Waals surface area contributed by atoms with Crippen LogP contribution in [0, 0.1) is 11.8 Å². The van der Waals surface area contributed by atoms with Gasteiger partial charge in [0.1, 0.15) is 5.82 Å². The Hall–Kier alpha value is -1.04. The van der Waals surface area contributed by atoms with Gasteiger partial charge in [0, 0.05) is 42.4 Å². The molecule has 1 aromatic rings. The van der Waals surface area contributed by atoms with Crippen LogP contribution in [0.1, 0.15) is 63.4 Å². The summed E-state index contributed by atoms with van der Waals surface area (Å²) in [6.07, 6.45) is 7.97. The van der Waals surface area contributed by atoms with E-state index in [9.17, 15) is 10.2 Å². The van der Waals surface area contributed by atoms with Crippen LogP contribution in [-0.4, -0.2) is 45.0 Å². The summed E-state index contributed by atoms with van der Waals surface area (Å²) in [6, 6.07) is 2.80. The lowest BCUT2D eigenvalue weighted by molar-refractivity contribution is 0.0715. The lowest BCUT2D eigenvalue weighted by atomic mass is 9.88. The summed E-state index contributed by atoms with van der Waals surface area (Å²) in [6.45, 7) is 4.23. The number of aliphatic hydroxyl groups is 2. The van der Waals surface area contributed by atoms with Gasteiger partial charge in [-0.3, -0.25) is 0 Å².